The summed E-state index contributed by atoms with van der Waals surface area (Å²) in [5, 5.41) is 6.19. The summed E-state index contributed by atoms with van der Waals surface area (Å²) in [5.74, 6) is -0.580. The monoisotopic (exact) mass is 275 g/mol. The van der Waals surface area contributed by atoms with Gasteiger partial charge in [0.2, 0.25) is 5.91 Å². The van der Waals surface area contributed by atoms with Crippen LogP contribution in [0, 0.1) is 0 Å². The molecule has 0 saturated heterocycles. The number of fused-ring (bicyclic) bond motifs is 1. The Hall–Kier alpha value is -2.04. The highest BCUT2D eigenvalue weighted by Gasteiger charge is 2.25. The van der Waals surface area contributed by atoms with Gasteiger partial charge in [0.05, 0.1) is 0 Å². The molecule has 1 heterocycles. The van der Waals surface area contributed by atoms with Crippen LogP contribution in [0.15, 0.2) is 18.2 Å². The van der Waals surface area contributed by atoms with Gasteiger partial charge in [-0.1, -0.05) is 6.07 Å². The lowest BCUT2D eigenvalue weighted by molar-refractivity contribution is -0.119. The molecule has 2 rings (SSSR count). The van der Waals surface area contributed by atoms with Gasteiger partial charge in [0.1, 0.15) is 0 Å². The normalized spacial score (nSPS) is 14.1. The van der Waals surface area contributed by atoms with Crippen molar-refractivity contribution in [3.63, 3.8) is 0 Å². The number of carbonyl (C=O) groups excluding carboxylic acids is 2. The zero-order chi connectivity index (χ0) is 14.8. The van der Waals surface area contributed by atoms with Gasteiger partial charge in [-0.3, -0.25) is 9.59 Å². The molecule has 1 aliphatic heterocycles. The van der Waals surface area contributed by atoms with E-state index in [-0.39, 0.29) is 12.3 Å². The average molecular weight is 275 g/mol. The second-order valence-corrected chi connectivity index (χ2v) is 5.84. The third-order valence-electron chi connectivity index (χ3n) is 3.41. The van der Waals surface area contributed by atoms with Gasteiger partial charge >= 0.3 is 0 Å². The molecule has 0 radical (unpaired) electrons. The summed E-state index contributed by atoms with van der Waals surface area (Å²) in [6.07, 6.45) is 2.02. The molecule has 5 heteroatoms. The number of primary amides is 1. The average Bonchev–Trinajstić information content (AvgIpc) is 2.35. The Balaban J connectivity index is 2.20. The van der Waals surface area contributed by atoms with E-state index in [2.05, 4.69) is 10.6 Å². The van der Waals surface area contributed by atoms with Gasteiger partial charge in [-0.15, -0.1) is 0 Å². The number of nitrogens with two attached hydrogens (primary N) is 1. The van der Waals surface area contributed by atoms with E-state index in [9.17, 15) is 9.59 Å². The minimum atomic E-state index is -0.645. The van der Waals surface area contributed by atoms with E-state index in [0.717, 1.165) is 30.6 Å². The summed E-state index contributed by atoms with van der Waals surface area (Å²) in [6, 6.07) is 5.68. The molecule has 0 aromatic heterocycles. The van der Waals surface area contributed by atoms with Gasteiger partial charge in [-0.05, 0) is 44.4 Å². The molecule has 1 aromatic rings. The molecule has 0 fully saturated rings. The second-order valence-electron chi connectivity index (χ2n) is 5.84. The summed E-state index contributed by atoms with van der Waals surface area (Å²) in [5.41, 5.74) is 7.30. The Labute approximate surface area is 118 Å². The molecule has 108 valence electrons. The molecule has 0 bridgehead atoms. The summed E-state index contributed by atoms with van der Waals surface area (Å²) < 4.78 is 0. The first kappa shape index (κ1) is 14.4. The third kappa shape index (κ3) is 3.29. The lowest BCUT2D eigenvalue weighted by atomic mass is 9.95. The van der Waals surface area contributed by atoms with E-state index in [4.69, 9.17) is 5.73 Å². The van der Waals surface area contributed by atoms with Crippen LogP contribution in [0.25, 0.3) is 0 Å². The molecule has 0 unspecified atom stereocenters. The molecule has 5 nitrogen and oxygen atoms in total. The van der Waals surface area contributed by atoms with Crippen LogP contribution in [-0.2, 0) is 11.2 Å². The first-order valence-electron chi connectivity index (χ1n) is 6.86. The van der Waals surface area contributed by atoms with Crippen molar-refractivity contribution in [2.24, 2.45) is 5.73 Å². The van der Waals surface area contributed by atoms with Crippen molar-refractivity contribution in [3.8, 4) is 0 Å². The first-order chi connectivity index (χ1) is 9.39. The second kappa shape index (κ2) is 5.53. The molecular formula is C15H21N3O2. The van der Waals surface area contributed by atoms with Crippen LogP contribution in [0.3, 0.4) is 0 Å². The lowest BCUT2D eigenvalue weighted by Crippen LogP contribution is -2.46. The Morgan fingerprint density at radius 3 is 2.85 bits per heavy atom. The predicted octanol–water partition coefficient (Wildman–Crippen LogP) is 1.43. The summed E-state index contributed by atoms with van der Waals surface area (Å²) in [4.78, 5) is 23.4. The van der Waals surface area contributed by atoms with Crippen LogP contribution in [0.5, 0.6) is 0 Å². The fraction of sp³-hybridized carbons (Fsp3) is 0.467. The zero-order valence-electron chi connectivity index (χ0n) is 12.0. The van der Waals surface area contributed by atoms with Crippen molar-refractivity contribution < 1.29 is 9.59 Å². The predicted molar refractivity (Wildman–Crippen MR) is 78.6 cm³/mol. The quantitative estimate of drug-likeness (QED) is 0.777. The number of anilines is 1. The number of hydrogen-bond donors (Lipinski definition) is 3. The largest absolute Gasteiger partial charge is 0.385 e. The van der Waals surface area contributed by atoms with E-state index >= 15 is 0 Å². The lowest BCUT2D eigenvalue weighted by Gasteiger charge is -2.26. The van der Waals surface area contributed by atoms with Crippen molar-refractivity contribution in [3.05, 3.63) is 29.3 Å². The Bertz CT molecular complexity index is 538. The molecule has 1 aromatic carbocycles. The molecular weight excluding hydrogens is 254 g/mol. The fourth-order valence-electron chi connectivity index (χ4n) is 2.58. The minimum absolute atomic E-state index is 0.117. The SMILES string of the molecule is CC(C)(CC(N)=O)NC(=O)c1cccc2c1CCCN2. The number of amides is 2. The van der Waals surface area contributed by atoms with Crippen molar-refractivity contribution >= 4 is 17.5 Å². The molecule has 0 atom stereocenters. The van der Waals surface area contributed by atoms with Gasteiger partial charge in [-0.25, -0.2) is 0 Å². The van der Waals surface area contributed by atoms with Gasteiger partial charge in [0.15, 0.2) is 0 Å². The number of rotatable bonds is 4. The molecule has 0 saturated carbocycles. The highest BCUT2D eigenvalue weighted by molar-refractivity contribution is 5.98. The van der Waals surface area contributed by atoms with Crippen LogP contribution in [0.1, 0.15) is 42.6 Å². The van der Waals surface area contributed by atoms with E-state index in [1.54, 1.807) is 13.8 Å². The van der Waals surface area contributed by atoms with Crippen molar-refractivity contribution in [2.45, 2.75) is 38.6 Å². The van der Waals surface area contributed by atoms with Crippen LogP contribution in [0.4, 0.5) is 5.69 Å². The van der Waals surface area contributed by atoms with Gasteiger partial charge in [-0.2, -0.15) is 0 Å². The van der Waals surface area contributed by atoms with Crippen LogP contribution in [0.2, 0.25) is 0 Å². The first-order valence-corrected chi connectivity index (χ1v) is 6.86. The molecule has 0 aliphatic carbocycles. The van der Waals surface area contributed by atoms with E-state index in [1.807, 2.05) is 18.2 Å². The van der Waals surface area contributed by atoms with Crippen LogP contribution < -0.4 is 16.4 Å². The van der Waals surface area contributed by atoms with Crippen molar-refractivity contribution in [1.29, 1.82) is 0 Å². The van der Waals surface area contributed by atoms with Gasteiger partial charge in [0, 0.05) is 29.8 Å². The van der Waals surface area contributed by atoms with Crippen LogP contribution in [-0.4, -0.2) is 23.9 Å². The van der Waals surface area contributed by atoms with Crippen molar-refractivity contribution in [2.75, 3.05) is 11.9 Å². The highest BCUT2D eigenvalue weighted by atomic mass is 16.2. The maximum absolute atomic E-state index is 12.4. The molecule has 4 N–H and O–H groups in total. The van der Waals surface area contributed by atoms with E-state index in [1.165, 1.54) is 0 Å². The summed E-state index contributed by atoms with van der Waals surface area (Å²) >= 11 is 0. The number of benzene rings is 1. The molecule has 1 aliphatic rings. The van der Waals surface area contributed by atoms with Crippen molar-refractivity contribution in [1.82, 2.24) is 5.32 Å². The number of carbonyl (C=O) groups is 2. The van der Waals surface area contributed by atoms with Gasteiger partial charge in [0.25, 0.3) is 5.91 Å². The fourth-order valence-corrected chi connectivity index (χ4v) is 2.58. The topological polar surface area (TPSA) is 84.2 Å². The van der Waals surface area contributed by atoms with E-state index < -0.39 is 11.4 Å². The minimum Gasteiger partial charge on any atom is -0.385 e. The Morgan fingerprint density at radius 2 is 2.15 bits per heavy atom. The summed E-state index contributed by atoms with van der Waals surface area (Å²) in [7, 11) is 0. The highest BCUT2D eigenvalue weighted by Crippen LogP contribution is 2.25. The number of nitrogens with one attached hydrogen (secondary N) is 2. The van der Waals surface area contributed by atoms with Gasteiger partial charge < -0.3 is 16.4 Å². The Morgan fingerprint density at radius 1 is 1.40 bits per heavy atom. The molecule has 2 amide bonds. The number of hydrogen-bond acceptors (Lipinski definition) is 3. The zero-order valence-corrected chi connectivity index (χ0v) is 12.0. The maximum Gasteiger partial charge on any atom is 0.252 e. The smallest absolute Gasteiger partial charge is 0.252 e. The Kier molecular flexibility index (Phi) is 3.97. The van der Waals surface area contributed by atoms with E-state index in [0.29, 0.717) is 5.56 Å². The standard InChI is InChI=1S/C15H21N3O2/c1-15(2,9-13(16)19)18-14(20)11-5-3-7-12-10(11)6-4-8-17-12/h3,5,7,17H,4,6,8-9H2,1-2H3,(H2,16,19)(H,18,20). The molecule has 20 heavy (non-hydrogen) atoms. The summed E-state index contributed by atoms with van der Waals surface area (Å²) in [6.45, 7) is 4.53. The third-order valence-corrected chi connectivity index (χ3v) is 3.41. The van der Waals surface area contributed by atoms with Crippen LogP contribution >= 0.6 is 0 Å². The maximum atomic E-state index is 12.4. The molecule has 0 spiro atoms.